The molecule has 0 saturated carbocycles. The van der Waals surface area contributed by atoms with Crippen LogP contribution in [0.3, 0.4) is 0 Å². The number of amides is 2. The SMILES string of the molecule is CCc1ccc(-c2nc(NC(=O)Nc3ccc(Cl)cc3)sc2C)s1. The Balaban J connectivity index is 1.70. The van der Waals surface area contributed by atoms with Crippen LogP contribution in [0.1, 0.15) is 16.7 Å². The lowest BCUT2D eigenvalue weighted by Crippen LogP contribution is -2.19. The normalized spacial score (nSPS) is 10.6. The Morgan fingerprint density at radius 2 is 1.88 bits per heavy atom. The average molecular weight is 378 g/mol. The summed E-state index contributed by atoms with van der Waals surface area (Å²) in [6.45, 7) is 4.15. The minimum absolute atomic E-state index is 0.321. The lowest BCUT2D eigenvalue weighted by atomic mass is 10.3. The van der Waals surface area contributed by atoms with Crippen LogP contribution in [0.4, 0.5) is 15.6 Å². The maximum atomic E-state index is 12.1. The van der Waals surface area contributed by atoms with Gasteiger partial charge in [0.05, 0.1) is 10.6 Å². The first kappa shape index (κ1) is 17.0. The molecule has 0 saturated heterocycles. The van der Waals surface area contributed by atoms with Gasteiger partial charge in [-0.05, 0) is 49.7 Å². The first-order valence-corrected chi connectivity index (χ1v) is 9.46. The molecule has 124 valence electrons. The summed E-state index contributed by atoms with van der Waals surface area (Å²) in [5, 5.41) is 6.76. The highest BCUT2D eigenvalue weighted by Gasteiger charge is 2.13. The van der Waals surface area contributed by atoms with Crippen LogP contribution in [0.2, 0.25) is 5.02 Å². The van der Waals surface area contributed by atoms with Crippen molar-refractivity contribution in [3.63, 3.8) is 0 Å². The molecule has 4 nitrogen and oxygen atoms in total. The summed E-state index contributed by atoms with van der Waals surface area (Å²) in [5.41, 5.74) is 1.61. The van der Waals surface area contributed by atoms with Gasteiger partial charge in [0.15, 0.2) is 5.13 Å². The summed E-state index contributed by atoms with van der Waals surface area (Å²) in [6.07, 6.45) is 1.02. The van der Waals surface area contributed by atoms with Gasteiger partial charge in [-0.15, -0.1) is 22.7 Å². The third-order valence-corrected chi connectivity index (χ3v) is 5.74. The first-order valence-electron chi connectivity index (χ1n) is 7.45. The third kappa shape index (κ3) is 3.95. The maximum absolute atomic E-state index is 12.1. The van der Waals surface area contributed by atoms with E-state index < -0.39 is 0 Å². The van der Waals surface area contributed by atoms with Gasteiger partial charge in [0.1, 0.15) is 0 Å². The molecule has 3 rings (SSSR count). The van der Waals surface area contributed by atoms with Crippen LogP contribution in [0.5, 0.6) is 0 Å². The molecular weight excluding hydrogens is 362 g/mol. The van der Waals surface area contributed by atoms with Gasteiger partial charge < -0.3 is 5.32 Å². The number of carbonyl (C=O) groups is 1. The van der Waals surface area contributed by atoms with Gasteiger partial charge in [0.25, 0.3) is 0 Å². The minimum Gasteiger partial charge on any atom is -0.308 e. The number of hydrogen-bond donors (Lipinski definition) is 2. The number of carbonyl (C=O) groups excluding carboxylic acids is 1. The molecule has 2 heterocycles. The molecule has 1 aromatic carbocycles. The van der Waals surface area contributed by atoms with E-state index in [9.17, 15) is 4.79 Å². The molecule has 24 heavy (non-hydrogen) atoms. The van der Waals surface area contributed by atoms with Gasteiger partial charge in [-0.1, -0.05) is 18.5 Å². The standard InChI is InChI=1S/C17H16ClN3OS2/c1-3-13-8-9-14(24-13)15-10(2)23-17(20-15)21-16(22)19-12-6-4-11(18)5-7-12/h4-9H,3H2,1-2H3,(H2,19,20,21,22). The van der Waals surface area contributed by atoms with Crippen LogP contribution in [0.25, 0.3) is 10.6 Å². The number of hydrogen-bond acceptors (Lipinski definition) is 4. The predicted octanol–water partition coefficient (Wildman–Crippen LogP) is 6.04. The van der Waals surface area contributed by atoms with E-state index in [-0.39, 0.29) is 6.03 Å². The summed E-state index contributed by atoms with van der Waals surface area (Å²) in [7, 11) is 0. The van der Waals surface area contributed by atoms with Crippen molar-refractivity contribution in [1.82, 2.24) is 4.98 Å². The second kappa shape index (κ2) is 7.34. The predicted molar refractivity (Wildman–Crippen MR) is 104 cm³/mol. The number of aryl methyl sites for hydroxylation is 2. The molecule has 0 fully saturated rings. The summed E-state index contributed by atoms with van der Waals surface area (Å²) in [6, 6.07) is 10.8. The van der Waals surface area contributed by atoms with Crippen molar-refractivity contribution in [2.75, 3.05) is 10.6 Å². The minimum atomic E-state index is -0.321. The van der Waals surface area contributed by atoms with Crippen LogP contribution in [-0.2, 0) is 6.42 Å². The van der Waals surface area contributed by atoms with Gasteiger partial charge in [0, 0.05) is 20.5 Å². The monoisotopic (exact) mass is 377 g/mol. The fourth-order valence-corrected chi connectivity index (χ4v) is 4.17. The van der Waals surface area contributed by atoms with E-state index in [1.165, 1.54) is 16.2 Å². The van der Waals surface area contributed by atoms with E-state index in [2.05, 4.69) is 34.7 Å². The van der Waals surface area contributed by atoms with E-state index in [1.807, 2.05) is 6.92 Å². The van der Waals surface area contributed by atoms with Crippen molar-refractivity contribution in [2.24, 2.45) is 0 Å². The highest BCUT2D eigenvalue weighted by molar-refractivity contribution is 7.18. The molecule has 7 heteroatoms. The highest BCUT2D eigenvalue weighted by Crippen LogP contribution is 2.34. The van der Waals surface area contributed by atoms with Gasteiger partial charge >= 0.3 is 6.03 Å². The van der Waals surface area contributed by atoms with Crippen molar-refractivity contribution < 1.29 is 4.79 Å². The van der Waals surface area contributed by atoms with Gasteiger partial charge in [-0.3, -0.25) is 5.32 Å². The molecule has 0 aliphatic rings. The maximum Gasteiger partial charge on any atom is 0.325 e. The van der Waals surface area contributed by atoms with E-state index in [0.29, 0.717) is 15.8 Å². The number of anilines is 2. The summed E-state index contributed by atoms with van der Waals surface area (Å²) in [5.74, 6) is 0. The molecule has 0 unspecified atom stereocenters. The van der Waals surface area contributed by atoms with Crippen molar-refractivity contribution in [2.45, 2.75) is 20.3 Å². The lowest BCUT2D eigenvalue weighted by Gasteiger charge is -2.05. The fraction of sp³-hybridized carbons (Fsp3) is 0.176. The fourth-order valence-electron chi connectivity index (χ4n) is 2.17. The number of halogens is 1. The quantitative estimate of drug-likeness (QED) is 0.582. The average Bonchev–Trinajstić information content (AvgIpc) is 3.16. The van der Waals surface area contributed by atoms with Gasteiger partial charge in [-0.25, -0.2) is 9.78 Å². The van der Waals surface area contributed by atoms with Crippen LogP contribution in [-0.4, -0.2) is 11.0 Å². The molecule has 0 atom stereocenters. The smallest absolute Gasteiger partial charge is 0.308 e. The zero-order chi connectivity index (χ0) is 17.1. The molecule has 3 aromatic rings. The molecule has 0 aliphatic carbocycles. The molecule has 0 aliphatic heterocycles. The Hall–Kier alpha value is -1.89. The molecule has 2 N–H and O–H groups in total. The molecule has 0 spiro atoms. The lowest BCUT2D eigenvalue weighted by molar-refractivity contribution is 0.262. The summed E-state index contributed by atoms with van der Waals surface area (Å²) in [4.78, 5) is 20.2. The molecule has 2 aromatic heterocycles. The molecule has 0 bridgehead atoms. The van der Waals surface area contributed by atoms with Crippen molar-refractivity contribution in [3.8, 4) is 10.6 Å². The zero-order valence-corrected chi connectivity index (χ0v) is 15.6. The second-order valence-electron chi connectivity index (χ2n) is 5.13. The van der Waals surface area contributed by atoms with Crippen LogP contribution >= 0.6 is 34.3 Å². The van der Waals surface area contributed by atoms with Crippen LogP contribution in [0.15, 0.2) is 36.4 Å². The number of benzene rings is 1. The number of thiazole rings is 1. The van der Waals surface area contributed by atoms with E-state index in [4.69, 9.17) is 11.6 Å². The van der Waals surface area contributed by atoms with Crippen molar-refractivity contribution >= 4 is 51.1 Å². The Morgan fingerprint density at radius 3 is 2.54 bits per heavy atom. The van der Waals surface area contributed by atoms with E-state index in [0.717, 1.165) is 21.9 Å². The van der Waals surface area contributed by atoms with Gasteiger partial charge in [0.2, 0.25) is 0 Å². The molecule has 0 radical (unpaired) electrons. The largest absolute Gasteiger partial charge is 0.325 e. The van der Waals surface area contributed by atoms with Crippen LogP contribution < -0.4 is 10.6 Å². The first-order chi connectivity index (χ1) is 11.5. The molecular formula is C17H16ClN3OS2. The number of aromatic nitrogens is 1. The van der Waals surface area contributed by atoms with E-state index >= 15 is 0 Å². The second-order valence-corrected chi connectivity index (χ2v) is 7.94. The van der Waals surface area contributed by atoms with Crippen molar-refractivity contribution in [1.29, 1.82) is 0 Å². The Morgan fingerprint density at radius 1 is 1.12 bits per heavy atom. The van der Waals surface area contributed by atoms with E-state index in [1.54, 1.807) is 35.6 Å². The zero-order valence-electron chi connectivity index (χ0n) is 13.2. The third-order valence-electron chi connectivity index (χ3n) is 3.36. The van der Waals surface area contributed by atoms with Gasteiger partial charge in [-0.2, -0.15) is 0 Å². The Labute approximate surface area is 153 Å². The number of nitrogens with one attached hydrogen (secondary N) is 2. The van der Waals surface area contributed by atoms with Crippen molar-refractivity contribution in [3.05, 3.63) is 51.2 Å². The number of rotatable bonds is 4. The summed E-state index contributed by atoms with van der Waals surface area (Å²) < 4.78 is 0. The number of thiophene rings is 1. The number of nitrogens with zero attached hydrogens (tertiary/aromatic N) is 1. The molecule has 2 amide bonds. The highest BCUT2D eigenvalue weighted by atomic mass is 35.5. The summed E-state index contributed by atoms with van der Waals surface area (Å²) >= 11 is 9.04. The Bertz CT molecular complexity index is 855. The number of urea groups is 1. The van der Waals surface area contributed by atoms with Crippen LogP contribution in [0, 0.1) is 6.92 Å². The topological polar surface area (TPSA) is 54.0 Å². The Kier molecular flexibility index (Phi) is 5.18.